The average Bonchev–Trinajstić information content (AvgIpc) is 3.44. The Kier molecular flexibility index (Phi) is 6.16. The molecule has 0 bridgehead atoms. The van der Waals surface area contributed by atoms with Crippen molar-refractivity contribution in [1.29, 1.82) is 0 Å². The molecule has 0 spiro atoms. The maximum atomic E-state index is 12.8. The minimum atomic E-state index is -0.556. The summed E-state index contributed by atoms with van der Waals surface area (Å²) in [4.78, 5) is 12.8. The van der Waals surface area contributed by atoms with Crippen molar-refractivity contribution in [3.05, 3.63) is 65.9 Å². The van der Waals surface area contributed by atoms with E-state index in [9.17, 15) is 4.79 Å². The lowest BCUT2D eigenvalue weighted by Gasteiger charge is -2.08. The van der Waals surface area contributed by atoms with Crippen LogP contribution in [0.5, 0.6) is 5.75 Å². The van der Waals surface area contributed by atoms with Crippen molar-refractivity contribution < 1.29 is 14.2 Å². The number of nitrogens with one attached hydrogen (secondary N) is 1. The molecule has 0 aliphatic rings. The van der Waals surface area contributed by atoms with E-state index in [1.807, 2.05) is 37.3 Å². The van der Waals surface area contributed by atoms with Crippen LogP contribution in [0.1, 0.15) is 29.4 Å². The molecule has 11 heteroatoms. The zero-order valence-electron chi connectivity index (χ0n) is 17.2. The second-order valence-corrected chi connectivity index (χ2v) is 6.65. The van der Waals surface area contributed by atoms with Gasteiger partial charge in [-0.1, -0.05) is 42.5 Å². The van der Waals surface area contributed by atoms with Crippen LogP contribution < -0.4 is 15.9 Å². The Balaban J connectivity index is 1.66. The fraction of sp³-hybridized carbons (Fsp3) is 0.143. The molecule has 0 aliphatic heterocycles. The monoisotopic (exact) mass is 432 g/mol. The van der Waals surface area contributed by atoms with Crippen molar-refractivity contribution in [1.82, 2.24) is 30.7 Å². The second kappa shape index (κ2) is 9.51. The average molecular weight is 432 g/mol. The van der Waals surface area contributed by atoms with Crippen molar-refractivity contribution in [2.75, 3.05) is 12.3 Å². The molecule has 0 radical (unpaired) electrons. The van der Waals surface area contributed by atoms with Gasteiger partial charge in [0.15, 0.2) is 5.69 Å². The number of ether oxygens (including phenoxy) is 1. The van der Waals surface area contributed by atoms with Crippen molar-refractivity contribution in [2.45, 2.75) is 13.3 Å². The molecule has 0 aliphatic carbocycles. The summed E-state index contributed by atoms with van der Waals surface area (Å²) in [7, 11) is 0. The lowest BCUT2D eigenvalue weighted by Crippen LogP contribution is -2.19. The molecule has 32 heavy (non-hydrogen) atoms. The van der Waals surface area contributed by atoms with Crippen LogP contribution in [0.2, 0.25) is 0 Å². The topological polar surface area (TPSA) is 146 Å². The first-order valence-corrected chi connectivity index (χ1v) is 9.83. The maximum absolute atomic E-state index is 12.8. The molecule has 11 nitrogen and oxygen atoms in total. The summed E-state index contributed by atoms with van der Waals surface area (Å²) < 4.78 is 11.6. The Morgan fingerprint density at radius 3 is 2.66 bits per heavy atom. The number of hydrogen-bond acceptors (Lipinski definition) is 9. The number of benzene rings is 2. The van der Waals surface area contributed by atoms with Gasteiger partial charge in [-0.3, -0.25) is 4.79 Å². The van der Waals surface area contributed by atoms with E-state index in [0.717, 1.165) is 12.0 Å². The second-order valence-electron chi connectivity index (χ2n) is 6.65. The van der Waals surface area contributed by atoms with Crippen LogP contribution in [-0.4, -0.2) is 44.0 Å². The van der Waals surface area contributed by atoms with Gasteiger partial charge in [-0.25, -0.2) is 10.1 Å². The number of carbonyl (C=O) groups excluding carboxylic acids is 1. The zero-order chi connectivity index (χ0) is 22.3. The molecule has 0 saturated carbocycles. The van der Waals surface area contributed by atoms with E-state index < -0.39 is 5.91 Å². The van der Waals surface area contributed by atoms with Gasteiger partial charge in [0.2, 0.25) is 11.6 Å². The van der Waals surface area contributed by atoms with Crippen LogP contribution >= 0.6 is 0 Å². The van der Waals surface area contributed by atoms with Gasteiger partial charge in [0.05, 0.1) is 12.8 Å². The molecule has 2 aromatic carbocycles. The van der Waals surface area contributed by atoms with Gasteiger partial charge < -0.3 is 10.5 Å². The van der Waals surface area contributed by atoms with Gasteiger partial charge in [0, 0.05) is 5.56 Å². The molecular formula is C21H20N8O3. The smallest absolute Gasteiger partial charge is 0.294 e. The van der Waals surface area contributed by atoms with Crippen LogP contribution in [0.25, 0.3) is 17.1 Å². The Labute approximate surface area is 182 Å². The first-order valence-electron chi connectivity index (χ1n) is 9.83. The number of carbonyl (C=O) groups is 1. The molecular weight excluding hydrogens is 412 g/mol. The summed E-state index contributed by atoms with van der Waals surface area (Å²) in [5, 5.41) is 19.4. The number of aromatic nitrogens is 5. The van der Waals surface area contributed by atoms with Crippen LogP contribution in [0, 0.1) is 0 Å². The number of nitrogens with two attached hydrogens (primary N) is 1. The van der Waals surface area contributed by atoms with Gasteiger partial charge in [-0.05, 0) is 46.6 Å². The van der Waals surface area contributed by atoms with E-state index in [0.29, 0.717) is 23.6 Å². The number of hydrazone groups is 1. The van der Waals surface area contributed by atoms with Crippen molar-refractivity contribution >= 4 is 17.9 Å². The third kappa shape index (κ3) is 4.46. The normalized spacial score (nSPS) is 11.0. The van der Waals surface area contributed by atoms with Crippen molar-refractivity contribution in [3.8, 4) is 22.8 Å². The van der Waals surface area contributed by atoms with Crippen molar-refractivity contribution in [3.63, 3.8) is 0 Å². The molecule has 2 aromatic heterocycles. The third-order valence-corrected chi connectivity index (χ3v) is 4.36. The highest BCUT2D eigenvalue weighted by Gasteiger charge is 2.25. The van der Waals surface area contributed by atoms with Gasteiger partial charge in [-0.2, -0.15) is 9.78 Å². The predicted octanol–water partition coefficient (Wildman–Crippen LogP) is 2.45. The number of nitrogens with zero attached hydrogens (tertiary/aromatic N) is 6. The molecule has 3 N–H and O–H groups in total. The predicted molar refractivity (Wildman–Crippen MR) is 116 cm³/mol. The number of nitrogen functional groups attached to an aromatic ring is 1. The fourth-order valence-corrected chi connectivity index (χ4v) is 2.87. The number of rotatable bonds is 8. The molecule has 0 saturated heterocycles. The van der Waals surface area contributed by atoms with Crippen LogP contribution in [0.4, 0.5) is 5.82 Å². The van der Waals surface area contributed by atoms with Gasteiger partial charge in [0.1, 0.15) is 11.4 Å². The third-order valence-electron chi connectivity index (χ3n) is 4.36. The maximum Gasteiger partial charge on any atom is 0.294 e. The largest absolute Gasteiger partial charge is 0.494 e. The zero-order valence-corrected chi connectivity index (χ0v) is 17.2. The minimum Gasteiger partial charge on any atom is -0.494 e. The van der Waals surface area contributed by atoms with E-state index in [1.165, 1.54) is 10.9 Å². The highest BCUT2D eigenvalue weighted by molar-refractivity contribution is 5.98. The summed E-state index contributed by atoms with van der Waals surface area (Å²) in [5.41, 5.74) is 10.1. The number of anilines is 1. The lowest BCUT2D eigenvalue weighted by atomic mass is 10.1. The van der Waals surface area contributed by atoms with Crippen molar-refractivity contribution in [2.24, 2.45) is 5.10 Å². The summed E-state index contributed by atoms with van der Waals surface area (Å²) in [6, 6.07) is 16.5. The first kappa shape index (κ1) is 20.7. The molecule has 0 fully saturated rings. The molecule has 2 heterocycles. The SMILES string of the molecule is CCCOc1ccc(-c2c(C(=O)NN=Cc3ccccc3)nnn2-c2nonc2N)cc1. The van der Waals surface area contributed by atoms with Crippen LogP contribution in [0.3, 0.4) is 0 Å². The molecule has 0 unspecified atom stereocenters. The molecule has 0 atom stereocenters. The minimum absolute atomic E-state index is 0.00751. The van der Waals surface area contributed by atoms with E-state index >= 15 is 0 Å². The lowest BCUT2D eigenvalue weighted by molar-refractivity contribution is 0.0950. The van der Waals surface area contributed by atoms with E-state index in [2.05, 4.69) is 35.8 Å². The van der Waals surface area contributed by atoms with E-state index in [1.54, 1.807) is 24.3 Å². The summed E-state index contributed by atoms with van der Waals surface area (Å²) in [6.45, 7) is 2.63. The summed E-state index contributed by atoms with van der Waals surface area (Å²) in [6.07, 6.45) is 2.42. The summed E-state index contributed by atoms with van der Waals surface area (Å²) in [5.74, 6) is 0.272. The summed E-state index contributed by atoms with van der Waals surface area (Å²) >= 11 is 0. The van der Waals surface area contributed by atoms with Crippen LogP contribution in [-0.2, 0) is 0 Å². The Morgan fingerprint density at radius 2 is 1.97 bits per heavy atom. The Bertz CT molecular complexity index is 1220. The fourth-order valence-electron chi connectivity index (χ4n) is 2.87. The van der Waals surface area contributed by atoms with Crippen LogP contribution in [0.15, 0.2) is 64.3 Å². The van der Waals surface area contributed by atoms with E-state index in [-0.39, 0.29) is 17.3 Å². The van der Waals surface area contributed by atoms with Gasteiger partial charge in [-0.15, -0.1) is 5.10 Å². The number of hydrogen-bond donors (Lipinski definition) is 2. The Morgan fingerprint density at radius 1 is 1.19 bits per heavy atom. The standard InChI is InChI=1S/C21H20N8O3/c1-2-12-31-16-10-8-15(9-11-16)18-17(24-28-29(18)20-19(22)26-32-27-20)21(30)25-23-13-14-6-4-3-5-7-14/h3-11,13H,2,12H2,1H3,(H2,22,26)(H,25,30). The molecule has 162 valence electrons. The Hall–Kier alpha value is -4.54. The van der Waals surface area contributed by atoms with Gasteiger partial charge in [0.25, 0.3) is 5.91 Å². The quantitative estimate of drug-likeness (QED) is 0.319. The highest BCUT2D eigenvalue weighted by Crippen LogP contribution is 2.28. The molecule has 4 rings (SSSR count). The van der Waals surface area contributed by atoms with E-state index in [4.69, 9.17) is 10.5 Å². The first-order chi connectivity index (χ1) is 15.7. The number of amides is 1. The van der Waals surface area contributed by atoms with Gasteiger partial charge >= 0.3 is 0 Å². The molecule has 1 amide bonds. The highest BCUT2D eigenvalue weighted by atomic mass is 16.6. The molecule has 4 aromatic rings.